The van der Waals surface area contributed by atoms with Crippen molar-refractivity contribution in [1.29, 1.82) is 0 Å². The molecule has 0 atom stereocenters. The van der Waals surface area contributed by atoms with Crippen LogP contribution in [-0.4, -0.2) is 12.5 Å². The summed E-state index contributed by atoms with van der Waals surface area (Å²) >= 11 is 0. The lowest BCUT2D eigenvalue weighted by Crippen LogP contribution is -2.21. The van der Waals surface area contributed by atoms with Crippen LogP contribution >= 0.6 is 0 Å². The number of halogens is 2. The summed E-state index contributed by atoms with van der Waals surface area (Å²) in [5.74, 6) is -1.45. The van der Waals surface area contributed by atoms with Crippen molar-refractivity contribution in [2.45, 2.75) is 6.54 Å². The molecule has 0 radical (unpaired) electrons. The summed E-state index contributed by atoms with van der Waals surface area (Å²) in [6, 6.07) is 9.78. The Hall–Kier alpha value is -2.47. The van der Waals surface area contributed by atoms with E-state index in [0.29, 0.717) is 12.3 Å². The number of anilines is 1. The Morgan fingerprint density at radius 1 is 1.19 bits per heavy atom. The zero-order valence-corrected chi connectivity index (χ0v) is 11.1. The van der Waals surface area contributed by atoms with Gasteiger partial charge in [0.1, 0.15) is 17.4 Å². The molecule has 2 aromatic carbocycles. The van der Waals surface area contributed by atoms with E-state index in [0.717, 1.165) is 23.8 Å². The summed E-state index contributed by atoms with van der Waals surface area (Å²) in [7, 11) is 0. The van der Waals surface area contributed by atoms with Crippen LogP contribution in [0, 0.1) is 11.6 Å². The molecule has 21 heavy (non-hydrogen) atoms. The maximum absolute atomic E-state index is 13.4. The third-order valence-corrected chi connectivity index (χ3v) is 2.71. The maximum atomic E-state index is 13.4. The number of ether oxygens (including phenoxy) is 1. The topological polar surface area (TPSA) is 64.3 Å². The number of carbonyl (C=O) groups is 1. The molecule has 0 spiro atoms. The van der Waals surface area contributed by atoms with Crippen molar-refractivity contribution in [3.63, 3.8) is 0 Å². The van der Waals surface area contributed by atoms with Crippen LogP contribution in [0.25, 0.3) is 0 Å². The number of carbonyl (C=O) groups excluding carboxylic acids is 1. The first-order valence-electron chi connectivity index (χ1n) is 6.25. The van der Waals surface area contributed by atoms with Gasteiger partial charge < -0.3 is 15.8 Å². The molecule has 0 heterocycles. The van der Waals surface area contributed by atoms with Gasteiger partial charge in [-0.15, -0.1) is 0 Å². The number of hydrogen-bond donors (Lipinski definition) is 2. The van der Waals surface area contributed by atoms with Gasteiger partial charge in [0.25, 0.3) is 5.91 Å². The lowest BCUT2D eigenvalue weighted by Gasteiger charge is -2.09. The van der Waals surface area contributed by atoms with Gasteiger partial charge in [-0.1, -0.05) is 12.1 Å². The molecule has 2 aromatic rings. The molecule has 0 aliphatic heterocycles. The van der Waals surface area contributed by atoms with Gasteiger partial charge in [-0.2, -0.15) is 0 Å². The highest BCUT2D eigenvalue weighted by atomic mass is 19.1. The number of benzene rings is 2. The van der Waals surface area contributed by atoms with Crippen molar-refractivity contribution in [3.05, 3.63) is 59.7 Å². The van der Waals surface area contributed by atoms with Gasteiger partial charge in [-0.25, -0.2) is 8.78 Å². The molecule has 3 N–H and O–H groups in total. The second-order valence-corrected chi connectivity index (χ2v) is 4.31. The van der Waals surface area contributed by atoms with Crippen LogP contribution in [0.15, 0.2) is 42.5 Å². The molecule has 0 bridgehead atoms. The highest BCUT2D eigenvalue weighted by Gasteiger charge is 2.09. The summed E-state index contributed by atoms with van der Waals surface area (Å²) in [4.78, 5) is 11.7. The first kappa shape index (κ1) is 14.9. The van der Waals surface area contributed by atoms with Gasteiger partial charge in [-0.05, 0) is 29.8 Å². The van der Waals surface area contributed by atoms with E-state index in [1.54, 1.807) is 18.2 Å². The Kier molecular flexibility index (Phi) is 4.84. The van der Waals surface area contributed by atoms with Crippen molar-refractivity contribution in [2.24, 2.45) is 5.73 Å². The van der Waals surface area contributed by atoms with Crippen LogP contribution in [0.2, 0.25) is 0 Å². The Balaban J connectivity index is 1.94. The minimum atomic E-state index is -0.713. The highest BCUT2D eigenvalue weighted by molar-refractivity contribution is 5.91. The Morgan fingerprint density at radius 3 is 2.76 bits per heavy atom. The average molecular weight is 292 g/mol. The van der Waals surface area contributed by atoms with E-state index in [1.165, 1.54) is 0 Å². The normalized spacial score (nSPS) is 10.2. The molecule has 0 saturated heterocycles. The van der Waals surface area contributed by atoms with Gasteiger partial charge in [0.05, 0.1) is 5.69 Å². The highest BCUT2D eigenvalue weighted by Crippen LogP contribution is 2.16. The van der Waals surface area contributed by atoms with Crippen LogP contribution in [0.1, 0.15) is 5.56 Å². The van der Waals surface area contributed by atoms with E-state index in [4.69, 9.17) is 10.5 Å². The smallest absolute Gasteiger partial charge is 0.262 e. The van der Waals surface area contributed by atoms with Crippen molar-refractivity contribution in [1.82, 2.24) is 0 Å². The van der Waals surface area contributed by atoms with E-state index in [-0.39, 0.29) is 12.3 Å². The number of nitrogens with two attached hydrogens (primary N) is 1. The van der Waals surface area contributed by atoms with Gasteiger partial charge in [-0.3, -0.25) is 4.79 Å². The first-order valence-corrected chi connectivity index (χ1v) is 6.25. The Morgan fingerprint density at radius 2 is 2.00 bits per heavy atom. The predicted octanol–water partition coefficient (Wildman–Crippen LogP) is 2.44. The SMILES string of the molecule is NCc1cccc(OCC(=O)Nc2cc(F)ccc2F)c1. The van der Waals surface area contributed by atoms with Gasteiger partial charge >= 0.3 is 0 Å². The number of rotatable bonds is 5. The molecule has 4 nitrogen and oxygen atoms in total. The van der Waals surface area contributed by atoms with Gasteiger partial charge in [0.2, 0.25) is 0 Å². The Labute approximate surface area is 120 Å². The van der Waals surface area contributed by atoms with E-state index in [2.05, 4.69) is 5.32 Å². The van der Waals surface area contributed by atoms with Crippen molar-refractivity contribution < 1.29 is 18.3 Å². The monoisotopic (exact) mass is 292 g/mol. The van der Waals surface area contributed by atoms with Crippen LogP contribution in [0.5, 0.6) is 5.75 Å². The predicted molar refractivity (Wildman–Crippen MR) is 74.8 cm³/mol. The number of nitrogens with one attached hydrogen (secondary N) is 1. The maximum Gasteiger partial charge on any atom is 0.262 e. The molecule has 2 rings (SSSR count). The van der Waals surface area contributed by atoms with Crippen molar-refractivity contribution >= 4 is 11.6 Å². The second kappa shape index (κ2) is 6.81. The minimum Gasteiger partial charge on any atom is -0.484 e. The van der Waals surface area contributed by atoms with E-state index in [1.807, 2.05) is 6.07 Å². The Bertz CT molecular complexity index is 647. The first-order chi connectivity index (χ1) is 10.1. The number of amides is 1. The standard InChI is InChI=1S/C15H14F2N2O2/c16-11-4-5-13(17)14(7-11)19-15(20)9-21-12-3-1-2-10(6-12)8-18/h1-7H,8-9,18H2,(H,19,20). The molecular weight excluding hydrogens is 278 g/mol. The molecule has 0 aromatic heterocycles. The fourth-order valence-electron chi connectivity index (χ4n) is 1.69. The third-order valence-electron chi connectivity index (χ3n) is 2.71. The summed E-state index contributed by atoms with van der Waals surface area (Å²) in [5, 5.41) is 2.25. The largest absolute Gasteiger partial charge is 0.484 e. The quantitative estimate of drug-likeness (QED) is 0.889. The van der Waals surface area contributed by atoms with Crippen LogP contribution in [-0.2, 0) is 11.3 Å². The summed E-state index contributed by atoms with van der Waals surface area (Å²) in [6.07, 6.45) is 0. The average Bonchev–Trinajstić information content (AvgIpc) is 2.49. The minimum absolute atomic E-state index is 0.223. The van der Waals surface area contributed by atoms with Crippen LogP contribution in [0.3, 0.4) is 0 Å². The van der Waals surface area contributed by atoms with Crippen molar-refractivity contribution in [3.8, 4) is 5.75 Å². The zero-order chi connectivity index (χ0) is 15.2. The summed E-state index contributed by atoms with van der Waals surface area (Å²) in [6.45, 7) is 0.0435. The third kappa shape index (κ3) is 4.25. The van der Waals surface area contributed by atoms with Crippen LogP contribution in [0.4, 0.5) is 14.5 Å². The van der Waals surface area contributed by atoms with E-state index < -0.39 is 17.5 Å². The van der Waals surface area contributed by atoms with Crippen molar-refractivity contribution in [2.75, 3.05) is 11.9 Å². The van der Waals surface area contributed by atoms with E-state index in [9.17, 15) is 13.6 Å². The molecule has 0 fully saturated rings. The lowest BCUT2D eigenvalue weighted by molar-refractivity contribution is -0.118. The van der Waals surface area contributed by atoms with Crippen LogP contribution < -0.4 is 15.8 Å². The summed E-state index contributed by atoms with van der Waals surface area (Å²) in [5.41, 5.74) is 6.14. The molecule has 0 aliphatic rings. The molecular formula is C15H14F2N2O2. The molecule has 0 unspecified atom stereocenters. The van der Waals surface area contributed by atoms with Gasteiger partial charge in [0, 0.05) is 12.6 Å². The molecule has 110 valence electrons. The lowest BCUT2D eigenvalue weighted by atomic mass is 10.2. The molecule has 0 aliphatic carbocycles. The molecule has 1 amide bonds. The second-order valence-electron chi connectivity index (χ2n) is 4.31. The zero-order valence-electron chi connectivity index (χ0n) is 11.1. The fourth-order valence-corrected chi connectivity index (χ4v) is 1.69. The number of hydrogen-bond acceptors (Lipinski definition) is 3. The fraction of sp³-hybridized carbons (Fsp3) is 0.133. The van der Waals surface area contributed by atoms with E-state index >= 15 is 0 Å². The molecule has 6 heteroatoms. The molecule has 0 saturated carbocycles. The summed E-state index contributed by atoms with van der Waals surface area (Å²) < 4.78 is 31.6. The van der Waals surface area contributed by atoms with Gasteiger partial charge in [0.15, 0.2) is 6.61 Å².